The number of aromatic nitrogens is 2. The lowest BCUT2D eigenvalue weighted by Crippen LogP contribution is -2.21. The van der Waals surface area contributed by atoms with Crippen molar-refractivity contribution in [2.24, 2.45) is 0 Å². The second-order valence-corrected chi connectivity index (χ2v) is 9.27. The fourth-order valence-corrected chi connectivity index (χ4v) is 4.69. The van der Waals surface area contributed by atoms with Crippen LogP contribution in [-0.4, -0.2) is 31.5 Å². The number of hydrogen-bond acceptors (Lipinski definition) is 6. The number of nitrogens with one attached hydrogen (secondary N) is 2. The second-order valence-electron chi connectivity index (χ2n) is 7.54. The molecule has 0 radical (unpaired) electrons. The lowest BCUT2D eigenvalue weighted by Gasteiger charge is -2.17. The van der Waals surface area contributed by atoms with Crippen LogP contribution in [-0.2, 0) is 15.8 Å². The first-order valence-corrected chi connectivity index (χ1v) is 11.7. The smallest absolute Gasteiger partial charge is 0.237 e. The van der Waals surface area contributed by atoms with Gasteiger partial charge in [0, 0.05) is 41.8 Å². The van der Waals surface area contributed by atoms with Gasteiger partial charge in [-0.05, 0) is 50.1 Å². The maximum absolute atomic E-state index is 13.8. The molecule has 0 bridgehead atoms. The van der Waals surface area contributed by atoms with Crippen molar-refractivity contribution in [3.05, 3.63) is 71.7 Å². The monoisotopic (exact) mass is 441 g/mol. The van der Waals surface area contributed by atoms with E-state index in [1.807, 2.05) is 13.0 Å². The van der Waals surface area contributed by atoms with E-state index in [1.165, 1.54) is 18.2 Å². The van der Waals surface area contributed by atoms with Crippen molar-refractivity contribution in [3.8, 4) is 0 Å². The van der Waals surface area contributed by atoms with Gasteiger partial charge in [-0.3, -0.25) is 4.72 Å². The first-order valence-electron chi connectivity index (χ1n) is 10.1. The molecule has 1 aliphatic heterocycles. The van der Waals surface area contributed by atoms with E-state index in [4.69, 9.17) is 0 Å². The lowest BCUT2D eigenvalue weighted by atomic mass is 10.2. The summed E-state index contributed by atoms with van der Waals surface area (Å²) in [6.07, 6.45) is 2.29. The molecule has 0 spiro atoms. The van der Waals surface area contributed by atoms with Crippen LogP contribution >= 0.6 is 0 Å². The van der Waals surface area contributed by atoms with Crippen molar-refractivity contribution in [1.29, 1.82) is 0 Å². The van der Waals surface area contributed by atoms with E-state index in [9.17, 15) is 12.8 Å². The summed E-state index contributed by atoms with van der Waals surface area (Å²) in [5, 5.41) is 3.24. The van der Waals surface area contributed by atoms with Gasteiger partial charge in [-0.15, -0.1) is 0 Å². The third-order valence-corrected chi connectivity index (χ3v) is 6.20. The van der Waals surface area contributed by atoms with Crippen LogP contribution < -0.4 is 14.9 Å². The van der Waals surface area contributed by atoms with Gasteiger partial charge in [-0.1, -0.05) is 18.2 Å². The van der Waals surface area contributed by atoms with Crippen LogP contribution in [0.4, 0.5) is 27.5 Å². The van der Waals surface area contributed by atoms with Crippen LogP contribution in [0.25, 0.3) is 0 Å². The number of benzene rings is 2. The Kier molecular flexibility index (Phi) is 6.03. The van der Waals surface area contributed by atoms with Crippen LogP contribution in [0.15, 0.2) is 54.6 Å². The molecule has 1 aliphatic rings. The molecule has 2 aromatic carbocycles. The minimum absolute atomic E-state index is 0.126. The average molecular weight is 442 g/mol. The van der Waals surface area contributed by atoms with E-state index in [0.29, 0.717) is 11.5 Å². The highest BCUT2D eigenvalue weighted by atomic mass is 32.2. The van der Waals surface area contributed by atoms with Crippen LogP contribution in [0.5, 0.6) is 0 Å². The Labute approximate surface area is 181 Å². The number of aryl methyl sites for hydroxylation is 1. The van der Waals surface area contributed by atoms with Crippen molar-refractivity contribution >= 4 is 33.2 Å². The molecule has 0 saturated carbocycles. The summed E-state index contributed by atoms with van der Waals surface area (Å²) in [6.45, 7) is 3.86. The van der Waals surface area contributed by atoms with E-state index in [0.717, 1.165) is 43.3 Å². The van der Waals surface area contributed by atoms with Crippen LogP contribution in [0.3, 0.4) is 0 Å². The van der Waals surface area contributed by atoms with Gasteiger partial charge in [0.25, 0.3) is 0 Å². The van der Waals surface area contributed by atoms with E-state index in [-0.39, 0.29) is 5.56 Å². The zero-order valence-corrected chi connectivity index (χ0v) is 18.0. The summed E-state index contributed by atoms with van der Waals surface area (Å²) >= 11 is 0. The molecule has 2 heterocycles. The first kappa shape index (κ1) is 21.0. The Morgan fingerprint density at radius 2 is 1.68 bits per heavy atom. The zero-order chi connectivity index (χ0) is 21.8. The minimum atomic E-state index is -3.74. The Morgan fingerprint density at radius 1 is 1.00 bits per heavy atom. The SMILES string of the molecule is Cc1cc(Nc2ccc(NS(=O)(=O)Cc3ccccc3F)cc2)nc(N2CCCC2)n1. The van der Waals surface area contributed by atoms with Gasteiger partial charge in [0.05, 0.1) is 5.75 Å². The molecule has 9 heteroatoms. The molecule has 2 N–H and O–H groups in total. The van der Waals surface area contributed by atoms with E-state index < -0.39 is 21.6 Å². The predicted octanol–water partition coefficient (Wildman–Crippen LogP) is 4.21. The largest absolute Gasteiger partial charge is 0.341 e. The summed E-state index contributed by atoms with van der Waals surface area (Å²) < 4.78 is 41.0. The summed E-state index contributed by atoms with van der Waals surface area (Å²) in [5.74, 6) is 0.430. The summed E-state index contributed by atoms with van der Waals surface area (Å²) in [5.41, 5.74) is 2.17. The Balaban J connectivity index is 1.43. The van der Waals surface area contributed by atoms with Crippen LogP contribution in [0, 0.1) is 12.7 Å². The van der Waals surface area contributed by atoms with Gasteiger partial charge >= 0.3 is 0 Å². The zero-order valence-electron chi connectivity index (χ0n) is 17.2. The number of rotatable bonds is 7. The number of nitrogens with zero attached hydrogens (tertiary/aromatic N) is 3. The highest BCUT2D eigenvalue weighted by molar-refractivity contribution is 7.91. The second kappa shape index (κ2) is 8.89. The molecule has 7 nitrogen and oxygen atoms in total. The van der Waals surface area contributed by atoms with Gasteiger partial charge in [-0.25, -0.2) is 17.8 Å². The molecular formula is C22H24FN5O2S. The number of hydrogen-bond donors (Lipinski definition) is 2. The van der Waals surface area contributed by atoms with Crippen molar-refractivity contribution in [2.45, 2.75) is 25.5 Å². The molecule has 0 aliphatic carbocycles. The molecule has 0 atom stereocenters. The van der Waals surface area contributed by atoms with Gasteiger partial charge in [0.2, 0.25) is 16.0 Å². The van der Waals surface area contributed by atoms with Crippen molar-refractivity contribution in [2.75, 3.05) is 28.0 Å². The molecule has 3 aromatic rings. The highest BCUT2D eigenvalue weighted by Gasteiger charge is 2.17. The number of sulfonamides is 1. The maximum Gasteiger partial charge on any atom is 0.237 e. The fraction of sp³-hybridized carbons (Fsp3) is 0.273. The fourth-order valence-electron chi connectivity index (χ4n) is 3.48. The standard InChI is InChI=1S/C22H24FN5O2S/c1-16-14-21(26-22(24-16)28-12-4-5-13-28)25-18-8-10-19(11-9-18)27-31(29,30)15-17-6-2-3-7-20(17)23/h2-3,6-11,14,27H,4-5,12-13,15H2,1H3,(H,24,25,26). The third kappa shape index (κ3) is 5.49. The Bertz CT molecular complexity index is 1160. The normalized spacial score (nSPS) is 13.9. The predicted molar refractivity (Wildman–Crippen MR) is 121 cm³/mol. The van der Waals surface area contributed by atoms with Crippen molar-refractivity contribution in [1.82, 2.24) is 9.97 Å². The lowest BCUT2D eigenvalue weighted by molar-refractivity contribution is 0.591. The molecule has 4 rings (SSSR count). The van der Waals surface area contributed by atoms with Gasteiger partial charge in [-0.2, -0.15) is 4.98 Å². The summed E-state index contributed by atoms with van der Waals surface area (Å²) in [6, 6.07) is 14.5. The van der Waals surface area contributed by atoms with Gasteiger partial charge in [0.15, 0.2) is 0 Å². The minimum Gasteiger partial charge on any atom is -0.341 e. The van der Waals surface area contributed by atoms with Crippen molar-refractivity contribution in [3.63, 3.8) is 0 Å². The third-order valence-electron chi connectivity index (χ3n) is 4.97. The Hall–Kier alpha value is -3.20. The molecule has 1 saturated heterocycles. The van der Waals surface area contributed by atoms with Crippen LogP contribution in [0.2, 0.25) is 0 Å². The molecule has 1 fully saturated rings. The molecule has 1 aromatic heterocycles. The van der Waals surface area contributed by atoms with E-state index >= 15 is 0 Å². The van der Waals surface area contributed by atoms with E-state index in [2.05, 4.69) is 24.9 Å². The molecule has 0 amide bonds. The quantitative estimate of drug-likeness (QED) is 0.571. The average Bonchev–Trinajstić information content (AvgIpc) is 3.25. The Morgan fingerprint density at radius 3 is 2.39 bits per heavy atom. The van der Waals surface area contributed by atoms with Crippen molar-refractivity contribution < 1.29 is 12.8 Å². The summed E-state index contributed by atoms with van der Waals surface area (Å²) in [4.78, 5) is 11.3. The first-order chi connectivity index (χ1) is 14.9. The van der Waals surface area contributed by atoms with Crippen LogP contribution in [0.1, 0.15) is 24.1 Å². The van der Waals surface area contributed by atoms with Gasteiger partial charge < -0.3 is 10.2 Å². The number of halogens is 1. The molecule has 162 valence electrons. The van der Waals surface area contributed by atoms with Gasteiger partial charge in [0.1, 0.15) is 11.6 Å². The number of anilines is 4. The summed E-state index contributed by atoms with van der Waals surface area (Å²) in [7, 11) is -3.74. The maximum atomic E-state index is 13.8. The topological polar surface area (TPSA) is 87.2 Å². The molecular weight excluding hydrogens is 417 g/mol. The molecule has 0 unspecified atom stereocenters. The highest BCUT2D eigenvalue weighted by Crippen LogP contribution is 2.23. The molecule has 31 heavy (non-hydrogen) atoms. The van der Waals surface area contributed by atoms with E-state index in [1.54, 1.807) is 30.3 Å².